The summed E-state index contributed by atoms with van der Waals surface area (Å²) in [5.74, 6) is 0.873. The maximum absolute atomic E-state index is 16.7. The molecular formula is C31H29Cl2FN2O4Si. The van der Waals surface area contributed by atoms with E-state index in [9.17, 15) is 14.7 Å². The molecule has 6 nitrogen and oxygen atoms in total. The van der Waals surface area contributed by atoms with Gasteiger partial charge in [0.1, 0.15) is 31.7 Å². The van der Waals surface area contributed by atoms with Crippen molar-refractivity contribution in [3.8, 4) is 17.2 Å². The fourth-order valence-corrected chi connectivity index (χ4v) is 6.60. The summed E-state index contributed by atoms with van der Waals surface area (Å²) in [7, 11) is -1.87. The monoisotopic (exact) mass is 610 g/mol. The first-order valence-electron chi connectivity index (χ1n) is 13.2. The van der Waals surface area contributed by atoms with Crippen molar-refractivity contribution >= 4 is 48.8 Å². The topological polar surface area (TPSA) is 87.7 Å². The summed E-state index contributed by atoms with van der Waals surface area (Å²) < 4.78 is 22.5. The fraction of sp³-hybridized carbons (Fsp3) is 0.290. The minimum atomic E-state index is -1.87. The number of piperidine rings is 1. The molecule has 5 rings (SSSR count). The zero-order chi connectivity index (χ0) is 29.5. The van der Waals surface area contributed by atoms with Crippen LogP contribution in [0, 0.1) is 17.3 Å². The Morgan fingerprint density at radius 1 is 1.10 bits per heavy atom. The van der Waals surface area contributed by atoms with Gasteiger partial charge >= 0.3 is 0 Å². The number of aliphatic hydroxyl groups excluding tert-OH is 1. The smallest absolute Gasteiger partial charge is 0.238 e. The number of amides is 2. The van der Waals surface area contributed by atoms with Gasteiger partial charge in [-0.1, -0.05) is 67.0 Å². The molecule has 0 bridgehead atoms. The molecule has 2 heterocycles. The van der Waals surface area contributed by atoms with Crippen LogP contribution in [-0.4, -0.2) is 38.2 Å². The molecule has 3 atom stereocenters. The minimum Gasteiger partial charge on any atom is -0.491 e. The molecule has 1 spiro atoms. The highest BCUT2D eigenvalue weighted by Crippen LogP contribution is 2.59. The van der Waals surface area contributed by atoms with Crippen molar-refractivity contribution in [3.05, 3.63) is 92.7 Å². The third kappa shape index (κ3) is 5.35. The van der Waals surface area contributed by atoms with Crippen molar-refractivity contribution in [2.75, 3.05) is 18.5 Å². The van der Waals surface area contributed by atoms with Crippen LogP contribution in [0.5, 0.6) is 5.75 Å². The Morgan fingerprint density at radius 2 is 1.85 bits per heavy atom. The summed E-state index contributed by atoms with van der Waals surface area (Å²) >= 11 is 12.7. The van der Waals surface area contributed by atoms with E-state index in [0.29, 0.717) is 26.9 Å². The number of hydrogen-bond acceptors (Lipinski definition) is 4. The molecule has 0 unspecified atom stereocenters. The lowest BCUT2D eigenvalue weighted by Crippen LogP contribution is -2.57. The summed E-state index contributed by atoms with van der Waals surface area (Å²) in [6.07, 6.45) is -0.0457. The Balaban J connectivity index is 1.84. The van der Waals surface area contributed by atoms with Crippen LogP contribution in [0.4, 0.5) is 10.1 Å². The van der Waals surface area contributed by atoms with Crippen LogP contribution in [0.2, 0.25) is 29.7 Å². The Bertz CT molecular complexity index is 1610. The van der Waals surface area contributed by atoms with Crippen LogP contribution in [0.3, 0.4) is 0 Å². The first-order chi connectivity index (χ1) is 19.5. The van der Waals surface area contributed by atoms with Gasteiger partial charge in [0.05, 0.1) is 23.8 Å². The molecular weight excluding hydrogens is 582 g/mol. The average Bonchev–Trinajstić information content (AvgIpc) is 3.18. The van der Waals surface area contributed by atoms with Gasteiger partial charge in [-0.05, 0) is 47.5 Å². The molecule has 0 radical (unpaired) electrons. The third-order valence-corrected chi connectivity index (χ3v) is 8.70. The number of hydrogen-bond donors (Lipinski definition) is 3. The van der Waals surface area contributed by atoms with E-state index in [-0.39, 0.29) is 42.4 Å². The van der Waals surface area contributed by atoms with Crippen LogP contribution >= 0.6 is 23.2 Å². The molecule has 41 heavy (non-hydrogen) atoms. The average molecular weight is 612 g/mol. The van der Waals surface area contributed by atoms with Crippen molar-refractivity contribution in [2.45, 2.75) is 43.4 Å². The number of carbonyl (C=O) groups excluding carboxylic acids is 2. The lowest BCUT2D eigenvalue weighted by molar-refractivity contribution is -0.131. The van der Waals surface area contributed by atoms with Gasteiger partial charge in [0.15, 0.2) is 0 Å². The number of ether oxygens (including phenoxy) is 1. The van der Waals surface area contributed by atoms with E-state index in [1.54, 1.807) is 42.5 Å². The molecule has 3 aromatic carbocycles. The molecule has 0 aromatic heterocycles. The highest BCUT2D eigenvalue weighted by Gasteiger charge is 2.62. The summed E-state index contributed by atoms with van der Waals surface area (Å²) in [5, 5.41) is 16.2. The maximum Gasteiger partial charge on any atom is 0.238 e. The number of halogens is 3. The summed E-state index contributed by atoms with van der Waals surface area (Å²) in [4.78, 5) is 27.7. The zero-order valence-electron chi connectivity index (χ0n) is 22.8. The normalized spacial score (nSPS) is 21.5. The first kappa shape index (κ1) is 29.1. The van der Waals surface area contributed by atoms with Gasteiger partial charge in [0.25, 0.3) is 0 Å². The highest BCUT2D eigenvalue weighted by molar-refractivity contribution is 6.83. The lowest BCUT2D eigenvalue weighted by atomic mass is 9.59. The molecule has 0 saturated carbocycles. The van der Waals surface area contributed by atoms with Crippen LogP contribution in [-0.2, 0) is 15.0 Å². The van der Waals surface area contributed by atoms with Crippen LogP contribution in [0.1, 0.15) is 40.6 Å². The van der Waals surface area contributed by atoms with E-state index in [0.717, 1.165) is 0 Å². The first-order valence-corrected chi connectivity index (χ1v) is 17.5. The predicted octanol–water partition coefficient (Wildman–Crippen LogP) is 5.97. The van der Waals surface area contributed by atoms with Gasteiger partial charge < -0.3 is 20.5 Å². The molecule has 212 valence electrons. The molecule has 2 aliphatic heterocycles. The van der Waals surface area contributed by atoms with E-state index < -0.39 is 37.2 Å². The van der Waals surface area contributed by atoms with Gasteiger partial charge in [-0.2, -0.15) is 0 Å². The van der Waals surface area contributed by atoms with Crippen LogP contribution in [0.15, 0.2) is 54.6 Å². The van der Waals surface area contributed by atoms with Crippen molar-refractivity contribution in [1.82, 2.24) is 5.32 Å². The maximum atomic E-state index is 16.7. The number of aliphatic hydroxyl groups is 1. The van der Waals surface area contributed by atoms with Crippen molar-refractivity contribution in [1.29, 1.82) is 0 Å². The predicted molar refractivity (Wildman–Crippen MR) is 161 cm³/mol. The van der Waals surface area contributed by atoms with Gasteiger partial charge in [-0.15, -0.1) is 5.54 Å². The molecule has 2 amide bonds. The van der Waals surface area contributed by atoms with E-state index >= 15 is 4.39 Å². The van der Waals surface area contributed by atoms with E-state index in [1.807, 2.05) is 6.07 Å². The van der Waals surface area contributed by atoms with Gasteiger partial charge in [0.2, 0.25) is 11.8 Å². The van der Waals surface area contributed by atoms with Crippen LogP contribution < -0.4 is 15.4 Å². The standard InChI is InChI=1S/C31H29Cl2FN2O4Si/c1-41(2,3)14-11-18-7-10-25(40-13-12-37)27(28(18)34)29-31(22-9-8-21(33)16-24(22)35-30(31)39)23(17-26(38)36-29)19-5-4-6-20(32)15-19/h4-10,15-16,23,29,37H,12-13,17H2,1-3H3,(H,35,39)(H,36,38)/t23-,29+,31-/m0/s1. The Labute approximate surface area is 249 Å². The molecule has 3 aromatic rings. The largest absolute Gasteiger partial charge is 0.491 e. The SMILES string of the molecule is C[Si](C)(C)C#Cc1ccc(OCCO)c([C@H]2NC(=O)C[C@@H](c3cccc(Cl)c3)[C@]23C(=O)Nc2cc(Cl)ccc23)c1F. The third-order valence-electron chi connectivity index (χ3n) is 7.35. The number of fused-ring (bicyclic) bond motifs is 2. The number of anilines is 1. The second-order valence-corrected chi connectivity index (χ2v) is 16.9. The molecule has 0 aliphatic carbocycles. The quantitative estimate of drug-likeness (QED) is 0.245. The summed E-state index contributed by atoms with van der Waals surface area (Å²) in [5.41, 5.74) is 3.49. The number of benzene rings is 3. The minimum absolute atomic E-state index is 0.0150. The Hall–Kier alpha value is -3.35. The summed E-state index contributed by atoms with van der Waals surface area (Å²) in [6.45, 7) is 5.72. The molecule has 3 N–H and O–H groups in total. The Kier molecular flexibility index (Phi) is 7.92. The van der Waals surface area contributed by atoms with Gasteiger partial charge in [-0.25, -0.2) is 4.39 Å². The van der Waals surface area contributed by atoms with Crippen molar-refractivity contribution in [3.63, 3.8) is 0 Å². The molecule has 2 aliphatic rings. The number of carbonyl (C=O) groups is 2. The zero-order valence-corrected chi connectivity index (χ0v) is 25.3. The molecule has 1 saturated heterocycles. The summed E-state index contributed by atoms with van der Waals surface area (Å²) in [6, 6.07) is 13.9. The number of nitrogens with one attached hydrogen (secondary N) is 2. The van der Waals surface area contributed by atoms with Crippen molar-refractivity contribution in [2.24, 2.45) is 0 Å². The van der Waals surface area contributed by atoms with E-state index in [2.05, 4.69) is 41.7 Å². The van der Waals surface area contributed by atoms with E-state index in [1.165, 1.54) is 6.07 Å². The number of rotatable bonds is 5. The van der Waals surface area contributed by atoms with Crippen LogP contribution in [0.25, 0.3) is 0 Å². The van der Waals surface area contributed by atoms with Gasteiger partial charge in [0, 0.05) is 28.1 Å². The second kappa shape index (κ2) is 11.1. The lowest BCUT2D eigenvalue weighted by Gasteiger charge is -2.46. The Morgan fingerprint density at radius 3 is 2.56 bits per heavy atom. The fourth-order valence-electron chi connectivity index (χ4n) is 5.72. The molecule has 10 heteroatoms. The highest BCUT2D eigenvalue weighted by atomic mass is 35.5. The van der Waals surface area contributed by atoms with E-state index in [4.69, 9.17) is 27.9 Å². The molecule has 1 fully saturated rings. The second-order valence-electron chi connectivity index (χ2n) is 11.2. The van der Waals surface area contributed by atoms with Crippen molar-refractivity contribution < 1.29 is 23.8 Å². The van der Waals surface area contributed by atoms with Gasteiger partial charge in [-0.3, -0.25) is 9.59 Å².